The summed E-state index contributed by atoms with van der Waals surface area (Å²) in [7, 11) is 1.58. The van der Waals surface area contributed by atoms with E-state index < -0.39 is 0 Å². The van der Waals surface area contributed by atoms with Gasteiger partial charge in [-0.1, -0.05) is 12.1 Å². The fraction of sp³-hybridized carbons (Fsp3) is 0.250. The Labute approximate surface area is 151 Å². The number of rotatable bonds is 4. The monoisotopic (exact) mass is 352 g/mol. The highest BCUT2D eigenvalue weighted by atomic mass is 16.5. The van der Waals surface area contributed by atoms with Crippen LogP contribution in [0.3, 0.4) is 0 Å². The zero-order chi connectivity index (χ0) is 17.9. The van der Waals surface area contributed by atoms with E-state index in [1.165, 1.54) is 0 Å². The third kappa shape index (κ3) is 3.23. The number of ether oxygens (including phenoxy) is 2. The molecule has 0 saturated carbocycles. The van der Waals surface area contributed by atoms with Crippen LogP contribution in [0.1, 0.15) is 10.6 Å². The molecule has 3 aromatic rings. The number of para-hydroxylation sites is 1. The SMILES string of the molecule is COc1cccc2cc(C(=O)Nc3ccc(N4CCOCC4)cc3)oc12. The number of nitrogens with one attached hydrogen (secondary N) is 1. The molecule has 6 nitrogen and oxygen atoms in total. The first-order valence-electron chi connectivity index (χ1n) is 8.55. The molecular formula is C20H20N2O4. The quantitative estimate of drug-likeness (QED) is 0.778. The van der Waals surface area contributed by atoms with Crippen LogP contribution in [-0.4, -0.2) is 39.3 Å². The summed E-state index contributed by atoms with van der Waals surface area (Å²) < 4.78 is 16.3. The summed E-state index contributed by atoms with van der Waals surface area (Å²) in [5, 5.41) is 3.70. The standard InChI is InChI=1S/C20H20N2O4/c1-24-17-4-2-3-14-13-18(26-19(14)17)20(23)21-15-5-7-16(8-6-15)22-9-11-25-12-10-22/h2-8,13H,9-12H2,1H3,(H,21,23). The Morgan fingerprint density at radius 1 is 1.12 bits per heavy atom. The van der Waals surface area contributed by atoms with Gasteiger partial charge in [-0.05, 0) is 36.4 Å². The van der Waals surface area contributed by atoms with Crippen molar-refractivity contribution in [3.8, 4) is 5.75 Å². The number of benzene rings is 2. The number of furan rings is 1. The Hall–Kier alpha value is -2.99. The third-order valence-corrected chi connectivity index (χ3v) is 4.45. The molecular weight excluding hydrogens is 332 g/mol. The molecule has 6 heteroatoms. The maximum absolute atomic E-state index is 12.5. The summed E-state index contributed by atoms with van der Waals surface area (Å²) in [4.78, 5) is 14.8. The first-order valence-corrected chi connectivity index (χ1v) is 8.55. The molecule has 2 heterocycles. The second-order valence-corrected chi connectivity index (χ2v) is 6.09. The highest BCUT2D eigenvalue weighted by Crippen LogP contribution is 2.29. The average molecular weight is 352 g/mol. The summed E-state index contributed by atoms with van der Waals surface area (Å²) >= 11 is 0. The maximum Gasteiger partial charge on any atom is 0.291 e. The normalized spacial score (nSPS) is 14.4. The molecule has 134 valence electrons. The summed E-state index contributed by atoms with van der Waals surface area (Å²) in [6.45, 7) is 3.25. The first kappa shape index (κ1) is 16.5. The number of hydrogen-bond donors (Lipinski definition) is 1. The number of hydrogen-bond acceptors (Lipinski definition) is 5. The van der Waals surface area contributed by atoms with Crippen LogP contribution in [0.4, 0.5) is 11.4 Å². The van der Waals surface area contributed by atoms with Gasteiger partial charge < -0.3 is 24.1 Å². The Bertz CT molecular complexity index is 911. The molecule has 0 atom stereocenters. The van der Waals surface area contributed by atoms with Crippen LogP contribution in [0, 0.1) is 0 Å². The lowest BCUT2D eigenvalue weighted by Gasteiger charge is -2.28. The molecule has 1 fully saturated rings. The second-order valence-electron chi connectivity index (χ2n) is 6.09. The molecule has 1 N–H and O–H groups in total. The van der Waals surface area contributed by atoms with Crippen molar-refractivity contribution >= 4 is 28.3 Å². The Morgan fingerprint density at radius 2 is 1.88 bits per heavy atom. The van der Waals surface area contributed by atoms with Crippen molar-refractivity contribution < 1.29 is 18.7 Å². The molecule has 26 heavy (non-hydrogen) atoms. The van der Waals surface area contributed by atoms with Gasteiger partial charge in [0.15, 0.2) is 17.1 Å². The van der Waals surface area contributed by atoms with Crippen LogP contribution in [-0.2, 0) is 4.74 Å². The van der Waals surface area contributed by atoms with Crippen molar-refractivity contribution in [1.82, 2.24) is 0 Å². The van der Waals surface area contributed by atoms with E-state index in [9.17, 15) is 4.79 Å². The van der Waals surface area contributed by atoms with E-state index in [0.29, 0.717) is 11.3 Å². The largest absolute Gasteiger partial charge is 0.493 e. The molecule has 2 aromatic carbocycles. The highest BCUT2D eigenvalue weighted by Gasteiger charge is 2.15. The van der Waals surface area contributed by atoms with Crippen molar-refractivity contribution in [1.29, 1.82) is 0 Å². The minimum absolute atomic E-state index is 0.252. The minimum atomic E-state index is -0.289. The van der Waals surface area contributed by atoms with Gasteiger partial charge in [0.25, 0.3) is 5.91 Å². The molecule has 1 amide bonds. The number of carbonyl (C=O) groups is 1. The van der Waals surface area contributed by atoms with Crippen molar-refractivity contribution in [2.24, 2.45) is 0 Å². The molecule has 0 aliphatic carbocycles. The first-order chi connectivity index (χ1) is 12.7. The Balaban J connectivity index is 1.49. The van der Waals surface area contributed by atoms with Gasteiger partial charge in [-0.25, -0.2) is 0 Å². The summed E-state index contributed by atoms with van der Waals surface area (Å²) in [6, 6.07) is 15.1. The number of amides is 1. The van der Waals surface area contributed by atoms with E-state index in [0.717, 1.165) is 43.1 Å². The van der Waals surface area contributed by atoms with Gasteiger partial charge in [0.05, 0.1) is 20.3 Å². The number of carbonyl (C=O) groups excluding carboxylic acids is 1. The van der Waals surface area contributed by atoms with Gasteiger partial charge in [-0.2, -0.15) is 0 Å². The lowest BCUT2D eigenvalue weighted by Crippen LogP contribution is -2.36. The third-order valence-electron chi connectivity index (χ3n) is 4.45. The lowest BCUT2D eigenvalue weighted by atomic mass is 10.2. The zero-order valence-electron chi connectivity index (χ0n) is 14.5. The molecule has 1 saturated heterocycles. The number of anilines is 2. The zero-order valence-corrected chi connectivity index (χ0v) is 14.5. The van der Waals surface area contributed by atoms with E-state index in [1.807, 2.05) is 36.4 Å². The van der Waals surface area contributed by atoms with Crippen molar-refractivity contribution in [2.75, 3.05) is 43.6 Å². The lowest BCUT2D eigenvalue weighted by molar-refractivity contribution is 0.0998. The average Bonchev–Trinajstić information content (AvgIpc) is 3.14. The van der Waals surface area contributed by atoms with Gasteiger partial charge >= 0.3 is 0 Å². The Morgan fingerprint density at radius 3 is 2.62 bits per heavy atom. The van der Waals surface area contributed by atoms with Gasteiger partial charge in [-0.15, -0.1) is 0 Å². The van der Waals surface area contributed by atoms with Crippen molar-refractivity contribution in [3.63, 3.8) is 0 Å². The molecule has 1 aliphatic heterocycles. The van der Waals surface area contributed by atoms with Gasteiger partial charge in [0.2, 0.25) is 0 Å². The van der Waals surface area contributed by atoms with Gasteiger partial charge in [0, 0.05) is 29.9 Å². The van der Waals surface area contributed by atoms with Crippen LogP contribution in [0.25, 0.3) is 11.0 Å². The number of nitrogens with zero attached hydrogens (tertiary/aromatic N) is 1. The van der Waals surface area contributed by atoms with Crippen molar-refractivity contribution in [3.05, 3.63) is 54.3 Å². The van der Waals surface area contributed by atoms with Crippen LogP contribution >= 0.6 is 0 Å². The molecule has 0 spiro atoms. The second kappa shape index (κ2) is 7.09. The molecule has 1 aromatic heterocycles. The minimum Gasteiger partial charge on any atom is -0.493 e. The van der Waals surface area contributed by atoms with Crippen LogP contribution in [0.5, 0.6) is 5.75 Å². The summed E-state index contributed by atoms with van der Waals surface area (Å²) in [6.07, 6.45) is 0. The Kier molecular flexibility index (Phi) is 4.50. The predicted octanol–water partition coefficient (Wildman–Crippen LogP) is 3.53. The maximum atomic E-state index is 12.5. The van der Waals surface area contributed by atoms with E-state index in [-0.39, 0.29) is 11.7 Å². The van der Waals surface area contributed by atoms with E-state index in [1.54, 1.807) is 19.2 Å². The molecule has 4 rings (SSSR count). The fourth-order valence-corrected chi connectivity index (χ4v) is 3.08. The summed E-state index contributed by atoms with van der Waals surface area (Å²) in [5.74, 6) is 0.570. The van der Waals surface area contributed by atoms with Gasteiger partial charge in [0.1, 0.15) is 0 Å². The topological polar surface area (TPSA) is 63.9 Å². The smallest absolute Gasteiger partial charge is 0.291 e. The highest BCUT2D eigenvalue weighted by molar-refractivity contribution is 6.05. The van der Waals surface area contributed by atoms with Crippen LogP contribution in [0.2, 0.25) is 0 Å². The molecule has 0 radical (unpaired) electrons. The van der Waals surface area contributed by atoms with Crippen molar-refractivity contribution in [2.45, 2.75) is 0 Å². The predicted molar refractivity (Wildman–Crippen MR) is 100 cm³/mol. The fourth-order valence-electron chi connectivity index (χ4n) is 3.08. The summed E-state index contributed by atoms with van der Waals surface area (Å²) in [5.41, 5.74) is 2.42. The van der Waals surface area contributed by atoms with E-state index in [4.69, 9.17) is 13.9 Å². The van der Waals surface area contributed by atoms with E-state index in [2.05, 4.69) is 10.2 Å². The van der Waals surface area contributed by atoms with Gasteiger partial charge in [-0.3, -0.25) is 4.79 Å². The number of morpholine rings is 1. The molecule has 1 aliphatic rings. The number of fused-ring (bicyclic) bond motifs is 1. The molecule has 0 unspecified atom stereocenters. The van der Waals surface area contributed by atoms with Crippen LogP contribution < -0.4 is 15.0 Å². The van der Waals surface area contributed by atoms with E-state index >= 15 is 0 Å². The molecule has 0 bridgehead atoms. The van der Waals surface area contributed by atoms with Crippen LogP contribution in [0.15, 0.2) is 52.9 Å². The number of methoxy groups -OCH3 is 1.